The van der Waals surface area contributed by atoms with E-state index in [4.69, 9.17) is 9.84 Å². The van der Waals surface area contributed by atoms with E-state index in [9.17, 15) is 14.4 Å². The van der Waals surface area contributed by atoms with E-state index >= 15 is 0 Å². The Kier molecular flexibility index (Phi) is 7.51. The van der Waals surface area contributed by atoms with Gasteiger partial charge in [0.2, 0.25) is 0 Å². The van der Waals surface area contributed by atoms with Crippen LogP contribution in [-0.4, -0.2) is 47.7 Å². The Morgan fingerprint density at radius 3 is 2.20 bits per heavy atom. The van der Waals surface area contributed by atoms with E-state index in [2.05, 4.69) is 45.5 Å². The zero-order chi connectivity index (χ0) is 24.9. The number of carbonyl (C=O) groups is 3. The number of aliphatic carboxylic acids is 1. The van der Waals surface area contributed by atoms with E-state index in [1.807, 2.05) is 31.2 Å². The maximum atomic E-state index is 12.7. The number of rotatable bonds is 8. The van der Waals surface area contributed by atoms with Crippen molar-refractivity contribution >= 4 is 39.6 Å². The number of benzene rings is 3. The van der Waals surface area contributed by atoms with Crippen LogP contribution in [0.25, 0.3) is 11.1 Å². The molecular weight excluding hydrogens is 512 g/mol. The third kappa shape index (κ3) is 5.38. The van der Waals surface area contributed by atoms with Gasteiger partial charge in [-0.15, -0.1) is 0 Å². The molecule has 7 nitrogen and oxygen atoms in total. The first-order valence-electron chi connectivity index (χ1n) is 11.3. The van der Waals surface area contributed by atoms with E-state index in [-0.39, 0.29) is 25.0 Å². The second kappa shape index (κ2) is 10.7. The molecule has 0 saturated heterocycles. The van der Waals surface area contributed by atoms with Crippen molar-refractivity contribution in [2.24, 2.45) is 0 Å². The Bertz CT molecular complexity index is 1230. The monoisotopic (exact) mass is 536 g/mol. The molecule has 1 aliphatic carbocycles. The van der Waals surface area contributed by atoms with Crippen molar-refractivity contribution in [2.45, 2.75) is 19.3 Å². The molecule has 0 unspecified atom stereocenters. The molecule has 2 N–H and O–H groups in total. The molecule has 2 amide bonds. The topological polar surface area (TPSA) is 95.9 Å². The van der Waals surface area contributed by atoms with Gasteiger partial charge in [0.05, 0.1) is 5.69 Å². The van der Waals surface area contributed by atoms with Crippen LogP contribution in [0.4, 0.5) is 10.5 Å². The van der Waals surface area contributed by atoms with Crippen LogP contribution >= 0.6 is 15.9 Å². The zero-order valence-corrected chi connectivity index (χ0v) is 20.7. The summed E-state index contributed by atoms with van der Waals surface area (Å²) < 4.78 is 6.07. The fraction of sp³-hybridized carbons (Fsp3) is 0.222. The van der Waals surface area contributed by atoms with Crippen LogP contribution in [-0.2, 0) is 9.53 Å². The first-order chi connectivity index (χ1) is 16.9. The van der Waals surface area contributed by atoms with E-state index < -0.39 is 12.1 Å². The van der Waals surface area contributed by atoms with Gasteiger partial charge in [0.1, 0.15) is 13.2 Å². The number of ether oxygens (including phenoxy) is 1. The van der Waals surface area contributed by atoms with Gasteiger partial charge < -0.3 is 14.7 Å². The summed E-state index contributed by atoms with van der Waals surface area (Å²) in [7, 11) is 0. The smallest absolute Gasteiger partial charge is 0.411 e. The first kappa shape index (κ1) is 24.5. The summed E-state index contributed by atoms with van der Waals surface area (Å²) in [6.07, 6.45) is 0.0341. The molecule has 0 aromatic heterocycles. The SMILES string of the molecule is CCCN(CC(=O)O)C(=O)c1ccc(NC(=O)OCC2c3ccccc3-c3ccccc32)c(Br)c1. The van der Waals surface area contributed by atoms with Crippen LogP contribution in [0.1, 0.15) is 40.7 Å². The van der Waals surface area contributed by atoms with Crippen LogP contribution in [0.2, 0.25) is 0 Å². The molecule has 4 rings (SSSR count). The highest BCUT2D eigenvalue weighted by molar-refractivity contribution is 9.10. The number of carbonyl (C=O) groups excluding carboxylic acids is 2. The number of hydrogen-bond acceptors (Lipinski definition) is 4. The quantitative estimate of drug-likeness (QED) is 0.382. The number of nitrogens with zero attached hydrogens (tertiary/aromatic N) is 1. The van der Waals surface area contributed by atoms with Crippen LogP contribution in [0.5, 0.6) is 0 Å². The predicted molar refractivity (Wildman–Crippen MR) is 137 cm³/mol. The molecule has 180 valence electrons. The number of carboxylic acids is 1. The highest BCUT2D eigenvalue weighted by Crippen LogP contribution is 2.44. The minimum atomic E-state index is -1.07. The predicted octanol–water partition coefficient (Wildman–Crippen LogP) is 5.75. The van der Waals surface area contributed by atoms with E-state index in [1.165, 1.54) is 4.90 Å². The molecule has 0 saturated carbocycles. The van der Waals surface area contributed by atoms with Crippen LogP contribution in [0.15, 0.2) is 71.2 Å². The maximum Gasteiger partial charge on any atom is 0.411 e. The van der Waals surface area contributed by atoms with Gasteiger partial charge in [0.25, 0.3) is 5.91 Å². The van der Waals surface area contributed by atoms with Gasteiger partial charge in [-0.25, -0.2) is 4.79 Å². The lowest BCUT2D eigenvalue weighted by Gasteiger charge is -2.20. The molecule has 0 radical (unpaired) electrons. The molecule has 3 aromatic carbocycles. The van der Waals surface area contributed by atoms with Gasteiger partial charge >= 0.3 is 12.1 Å². The fourth-order valence-electron chi connectivity index (χ4n) is 4.36. The highest BCUT2D eigenvalue weighted by Gasteiger charge is 2.29. The molecular formula is C27H25BrN2O5. The lowest BCUT2D eigenvalue weighted by Crippen LogP contribution is -2.36. The van der Waals surface area contributed by atoms with Crippen molar-refractivity contribution in [3.05, 3.63) is 87.9 Å². The van der Waals surface area contributed by atoms with E-state index in [0.717, 1.165) is 22.3 Å². The van der Waals surface area contributed by atoms with Gasteiger partial charge in [-0.1, -0.05) is 55.5 Å². The van der Waals surface area contributed by atoms with Gasteiger partial charge in [0.15, 0.2) is 0 Å². The van der Waals surface area contributed by atoms with Crippen molar-refractivity contribution < 1.29 is 24.2 Å². The Labute approximate surface area is 211 Å². The lowest BCUT2D eigenvalue weighted by atomic mass is 9.98. The van der Waals surface area contributed by atoms with E-state index in [0.29, 0.717) is 28.7 Å². The van der Waals surface area contributed by atoms with Crippen LogP contribution in [0, 0.1) is 0 Å². The standard InChI is InChI=1S/C27H25BrN2O5/c1-2-13-30(15-25(31)32)26(33)17-11-12-24(23(28)14-17)29-27(34)35-16-22-20-9-5-3-7-18(20)19-8-4-6-10-21(19)22/h3-12,14,22H,2,13,15-16H2,1H3,(H,29,34)(H,31,32). The van der Waals surface area contributed by atoms with Gasteiger partial charge in [-0.05, 0) is 62.8 Å². The molecule has 35 heavy (non-hydrogen) atoms. The Hall–Kier alpha value is -3.65. The van der Waals surface area contributed by atoms with Gasteiger partial charge in [-0.3, -0.25) is 14.9 Å². The van der Waals surface area contributed by atoms with Crippen molar-refractivity contribution in [2.75, 3.05) is 25.0 Å². The number of halogens is 1. The number of amides is 2. The molecule has 0 spiro atoms. The largest absolute Gasteiger partial charge is 0.480 e. The normalized spacial score (nSPS) is 11.9. The minimum Gasteiger partial charge on any atom is -0.480 e. The molecule has 3 aromatic rings. The number of hydrogen-bond donors (Lipinski definition) is 2. The average Bonchev–Trinajstić information content (AvgIpc) is 3.17. The summed E-state index contributed by atoms with van der Waals surface area (Å²) in [5.74, 6) is -1.50. The maximum absolute atomic E-state index is 12.7. The van der Waals surface area contributed by atoms with E-state index in [1.54, 1.807) is 18.2 Å². The van der Waals surface area contributed by atoms with Gasteiger partial charge in [-0.2, -0.15) is 0 Å². The lowest BCUT2D eigenvalue weighted by molar-refractivity contribution is -0.137. The molecule has 1 aliphatic rings. The highest BCUT2D eigenvalue weighted by atomic mass is 79.9. The third-order valence-corrected chi connectivity index (χ3v) is 6.56. The molecule has 0 aliphatic heterocycles. The fourth-order valence-corrected chi connectivity index (χ4v) is 4.84. The number of anilines is 1. The summed E-state index contributed by atoms with van der Waals surface area (Å²) >= 11 is 3.39. The van der Waals surface area contributed by atoms with Crippen LogP contribution in [0.3, 0.4) is 0 Å². The Morgan fingerprint density at radius 2 is 1.63 bits per heavy atom. The Balaban J connectivity index is 1.42. The molecule has 0 heterocycles. The molecule has 0 atom stereocenters. The second-order valence-corrected chi connectivity index (χ2v) is 9.12. The molecule has 0 bridgehead atoms. The van der Waals surface area contributed by atoms with Crippen molar-refractivity contribution in [3.8, 4) is 11.1 Å². The third-order valence-electron chi connectivity index (χ3n) is 5.90. The first-order valence-corrected chi connectivity index (χ1v) is 12.1. The van der Waals surface area contributed by atoms with Crippen molar-refractivity contribution in [1.82, 2.24) is 4.90 Å². The molecule has 8 heteroatoms. The minimum absolute atomic E-state index is 0.0460. The summed E-state index contributed by atoms with van der Waals surface area (Å²) in [6, 6.07) is 20.9. The summed E-state index contributed by atoms with van der Waals surface area (Å²) in [5.41, 5.74) is 5.33. The summed E-state index contributed by atoms with van der Waals surface area (Å²) in [4.78, 5) is 37.7. The number of fused-ring (bicyclic) bond motifs is 3. The zero-order valence-electron chi connectivity index (χ0n) is 19.2. The number of carboxylic acid groups (broad SMARTS) is 1. The number of nitrogens with one attached hydrogen (secondary N) is 1. The van der Waals surface area contributed by atoms with Crippen molar-refractivity contribution in [3.63, 3.8) is 0 Å². The second-order valence-electron chi connectivity index (χ2n) is 8.27. The summed E-state index contributed by atoms with van der Waals surface area (Å²) in [6.45, 7) is 2.03. The Morgan fingerprint density at radius 1 is 1.00 bits per heavy atom. The summed E-state index contributed by atoms with van der Waals surface area (Å²) in [5, 5.41) is 11.8. The average molecular weight is 537 g/mol. The molecule has 0 fully saturated rings. The van der Waals surface area contributed by atoms with Crippen molar-refractivity contribution in [1.29, 1.82) is 0 Å². The van der Waals surface area contributed by atoms with Crippen LogP contribution < -0.4 is 5.32 Å². The van der Waals surface area contributed by atoms with Gasteiger partial charge in [0, 0.05) is 22.5 Å².